The SMILES string of the molecule is Cc1ccc2c(c1)N1C(=O)CNCC1CO2. The fourth-order valence-electron chi connectivity index (χ4n) is 2.31. The molecule has 4 heteroatoms. The van der Waals surface area contributed by atoms with Gasteiger partial charge in [0.05, 0.1) is 18.3 Å². The molecule has 1 aromatic rings. The summed E-state index contributed by atoms with van der Waals surface area (Å²) in [6.07, 6.45) is 0. The van der Waals surface area contributed by atoms with Crippen LogP contribution in [0.25, 0.3) is 0 Å². The summed E-state index contributed by atoms with van der Waals surface area (Å²) in [5.74, 6) is 0.948. The van der Waals surface area contributed by atoms with Gasteiger partial charge in [-0.25, -0.2) is 0 Å². The van der Waals surface area contributed by atoms with E-state index in [0.29, 0.717) is 13.2 Å². The van der Waals surface area contributed by atoms with Crippen molar-refractivity contribution in [1.29, 1.82) is 0 Å². The van der Waals surface area contributed by atoms with Gasteiger partial charge in [0, 0.05) is 6.54 Å². The molecule has 0 aromatic heterocycles. The standard InChI is InChI=1S/C12H14N2O2/c1-8-2-3-11-10(4-8)14-9(7-16-11)5-13-6-12(14)15/h2-4,9,13H,5-7H2,1H3. The van der Waals surface area contributed by atoms with E-state index in [0.717, 1.165) is 23.5 Å². The predicted molar refractivity (Wildman–Crippen MR) is 60.8 cm³/mol. The van der Waals surface area contributed by atoms with E-state index in [1.165, 1.54) is 0 Å². The largest absolute Gasteiger partial charge is 0.489 e. The fourth-order valence-corrected chi connectivity index (χ4v) is 2.31. The normalized spacial score (nSPS) is 23.4. The molecule has 1 unspecified atom stereocenters. The first-order valence-corrected chi connectivity index (χ1v) is 5.52. The molecule has 1 amide bonds. The van der Waals surface area contributed by atoms with Gasteiger partial charge in [-0.2, -0.15) is 0 Å². The molecule has 0 saturated carbocycles. The molecule has 1 fully saturated rings. The maximum atomic E-state index is 11.9. The summed E-state index contributed by atoms with van der Waals surface area (Å²) >= 11 is 0. The third kappa shape index (κ3) is 1.38. The van der Waals surface area contributed by atoms with Crippen LogP contribution in [0.3, 0.4) is 0 Å². The number of ether oxygens (including phenoxy) is 1. The van der Waals surface area contributed by atoms with Crippen molar-refractivity contribution in [3.63, 3.8) is 0 Å². The van der Waals surface area contributed by atoms with Crippen molar-refractivity contribution in [3.8, 4) is 5.75 Å². The molecule has 1 saturated heterocycles. The molecule has 0 bridgehead atoms. The minimum atomic E-state index is 0.131. The molecule has 3 rings (SSSR count). The van der Waals surface area contributed by atoms with Crippen molar-refractivity contribution in [2.45, 2.75) is 13.0 Å². The van der Waals surface area contributed by atoms with E-state index in [-0.39, 0.29) is 11.9 Å². The van der Waals surface area contributed by atoms with Gasteiger partial charge < -0.3 is 15.0 Å². The van der Waals surface area contributed by atoms with Gasteiger partial charge in [0.1, 0.15) is 12.4 Å². The van der Waals surface area contributed by atoms with Crippen molar-refractivity contribution in [2.24, 2.45) is 0 Å². The Bertz CT molecular complexity index is 445. The fraction of sp³-hybridized carbons (Fsp3) is 0.417. The number of carbonyl (C=O) groups excluding carboxylic acids is 1. The number of aryl methyl sites for hydroxylation is 1. The molecular weight excluding hydrogens is 204 g/mol. The molecule has 0 radical (unpaired) electrons. The van der Waals surface area contributed by atoms with E-state index in [1.807, 2.05) is 30.0 Å². The monoisotopic (exact) mass is 218 g/mol. The van der Waals surface area contributed by atoms with E-state index < -0.39 is 0 Å². The van der Waals surface area contributed by atoms with Gasteiger partial charge in [-0.3, -0.25) is 4.79 Å². The number of hydrogen-bond donors (Lipinski definition) is 1. The maximum absolute atomic E-state index is 11.9. The van der Waals surface area contributed by atoms with Crippen LogP contribution in [0.4, 0.5) is 5.69 Å². The molecule has 1 N–H and O–H groups in total. The van der Waals surface area contributed by atoms with Gasteiger partial charge in [-0.05, 0) is 24.6 Å². The summed E-state index contributed by atoms with van der Waals surface area (Å²) in [5.41, 5.74) is 2.07. The van der Waals surface area contributed by atoms with Crippen molar-refractivity contribution in [1.82, 2.24) is 5.32 Å². The average molecular weight is 218 g/mol. The van der Waals surface area contributed by atoms with E-state index in [1.54, 1.807) is 0 Å². The van der Waals surface area contributed by atoms with E-state index >= 15 is 0 Å². The van der Waals surface area contributed by atoms with Gasteiger partial charge in [-0.1, -0.05) is 6.07 Å². The molecule has 84 valence electrons. The molecule has 2 heterocycles. The summed E-state index contributed by atoms with van der Waals surface area (Å²) < 4.78 is 5.66. The Hall–Kier alpha value is -1.55. The lowest BCUT2D eigenvalue weighted by molar-refractivity contribution is -0.119. The summed E-state index contributed by atoms with van der Waals surface area (Å²) in [6.45, 7) is 3.83. The van der Waals surface area contributed by atoms with Crippen LogP contribution < -0.4 is 15.0 Å². The van der Waals surface area contributed by atoms with Crippen LogP contribution in [0, 0.1) is 6.92 Å². The lowest BCUT2D eigenvalue weighted by Crippen LogP contribution is -2.58. The molecule has 1 aromatic carbocycles. The van der Waals surface area contributed by atoms with E-state index in [4.69, 9.17) is 4.74 Å². The number of carbonyl (C=O) groups is 1. The molecule has 0 spiro atoms. The van der Waals surface area contributed by atoms with Crippen molar-refractivity contribution in [2.75, 3.05) is 24.6 Å². The van der Waals surface area contributed by atoms with Crippen LogP contribution >= 0.6 is 0 Å². The number of hydrogen-bond acceptors (Lipinski definition) is 3. The second-order valence-electron chi connectivity index (χ2n) is 4.33. The Morgan fingerprint density at radius 1 is 1.50 bits per heavy atom. The number of nitrogens with one attached hydrogen (secondary N) is 1. The number of fused-ring (bicyclic) bond motifs is 3. The Balaban J connectivity index is 2.08. The highest BCUT2D eigenvalue weighted by Crippen LogP contribution is 2.35. The Kier molecular flexibility index (Phi) is 2.11. The van der Waals surface area contributed by atoms with Crippen LogP contribution in [0.15, 0.2) is 18.2 Å². The molecular formula is C12H14N2O2. The van der Waals surface area contributed by atoms with Crippen molar-refractivity contribution in [3.05, 3.63) is 23.8 Å². The van der Waals surface area contributed by atoms with Crippen molar-refractivity contribution >= 4 is 11.6 Å². The first-order chi connectivity index (χ1) is 7.75. The zero-order chi connectivity index (χ0) is 11.1. The molecule has 2 aliphatic rings. The quantitative estimate of drug-likeness (QED) is 0.696. The maximum Gasteiger partial charge on any atom is 0.241 e. The summed E-state index contributed by atoms with van der Waals surface area (Å²) in [6, 6.07) is 6.10. The third-order valence-corrected chi connectivity index (χ3v) is 3.10. The zero-order valence-electron chi connectivity index (χ0n) is 9.19. The Morgan fingerprint density at radius 3 is 3.25 bits per heavy atom. The smallest absolute Gasteiger partial charge is 0.241 e. The lowest BCUT2D eigenvalue weighted by Gasteiger charge is -2.40. The van der Waals surface area contributed by atoms with Gasteiger partial charge in [-0.15, -0.1) is 0 Å². The number of nitrogens with zero attached hydrogens (tertiary/aromatic N) is 1. The van der Waals surface area contributed by atoms with Gasteiger partial charge in [0.25, 0.3) is 0 Å². The van der Waals surface area contributed by atoms with Gasteiger partial charge >= 0.3 is 0 Å². The number of piperazine rings is 1. The van der Waals surface area contributed by atoms with Crippen LogP contribution in [0.2, 0.25) is 0 Å². The summed E-state index contributed by atoms with van der Waals surface area (Å²) in [5, 5.41) is 3.11. The molecule has 0 aliphatic carbocycles. The second kappa shape index (κ2) is 3.49. The molecule has 1 atom stereocenters. The van der Waals surface area contributed by atoms with Crippen LogP contribution in [-0.4, -0.2) is 31.6 Å². The number of benzene rings is 1. The Morgan fingerprint density at radius 2 is 2.38 bits per heavy atom. The van der Waals surface area contributed by atoms with Crippen molar-refractivity contribution < 1.29 is 9.53 Å². The van der Waals surface area contributed by atoms with Gasteiger partial charge in [0.15, 0.2) is 0 Å². The first-order valence-electron chi connectivity index (χ1n) is 5.52. The first kappa shape index (κ1) is 9.66. The number of anilines is 1. The highest BCUT2D eigenvalue weighted by Gasteiger charge is 2.34. The minimum Gasteiger partial charge on any atom is -0.489 e. The highest BCUT2D eigenvalue weighted by molar-refractivity contribution is 5.98. The number of rotatable bonds is 0. The minimum absolute atomic E-state index is 0.131. The molecule has 2 aliphatic heterocycles. The topological polar surface area (TPSA) is 41.6 Å². The Labute approximate surface area is 94.2 Å². The van der Waals surface area contributed by atoms with Crippen LogP contribution in [-0.2, 0) is 4.79 Å². The molecule has 4 nitrogen and oxygen atoms in total. The third-order valence-electron chi connectivity index (χ3n) is 3.10. The van der Waals surface area contributed by atoms with Gasteiger partial charge in [0.2, 0.25) is 5.91 Å². The lowest BCUT2D eigenvalue weighted by atomic mass is 10.1. The summed E-state index contributed by atoms with van der Waals surface area (Å²) in [7, 11) is 0. The van der Waals surface area contributed by atoms with E-state index in [2.05, 4.69) is 5.32 Å². The average Bonchev–Trinajstić information content (AvgIpc) is 2.28. The zero-order valence-corrected chi connectivity index (χ0v) is 9.19. The highest BCUT2D eigenvalue weighted by atomic mass is 16.5. The summed E-state index contributed by atoms with van der Waals surface area (Å²) in [4.78, 5) is 13.8. The predicted octanol–water partition coefficient (Wildman–Crippen LogP) is 0.692. The second-order valence-corrected chi connectivity index (χ2v) is 4.33. The van der Waals surface area contributed by atoms with Crippen LogP contribution in [0.5, 0.6) is 5.75 Å². The number of amides is 1. The van der Waals surface area contributed by atoms with Crippen LogP contribution in [0.1, 0.15) is 5.56 Å². The molecule has 16 heavy (non-hydrogen) atoms. The van der Waals surface area contributed by atoms with E-state index in [9.17, 15) is 4.79 Å².